The predicted octanol–water partition coefficient (Wildman–Crippen LogP) is 3.43. The van der Waals surface area contributed by atoms with Crippen molar-refractivity contribution in [3.8, 4) is 0 Å². The largest absolute Gasteiger partial charge is 0.325 e. The minimum Gasteiger partial charge on any atom is -0.325 e. The van der Waals surface area contributed by atoms with Crippen LogP contribution in [0, 0.1) is 5.82 Å². The number of para-hydroxylation sites is 1. The molecule has 0 atom stereocenters. The fraction of sp³-hybridized carbons (Fsp3) is 0.238. The third-order valence-corrected chi connectivity index (χ3v) is 5.40. The third kappa shape index (κ3) is 5.66. The molecule has 0 aliphatic heterocycles. The standard InChI is InChI=1S/C21H22FN5O2S/c1-3-14-6-4-5-7-17(14)24-19(28)12-18-25-26-21(27(18)2)30-13-20(29)23-16-10-8-15(22)9-11-16/h4-11H,3,12-13H2,1-2H3,(H,23,29)(H,24,28). The SMILES string of the molecule is CCc1ccccc1NC(=O)Cc1nnc(SCC(=O)Nc2ccc(F)cc2)n1C. The van der Waals surface area contributed by atoms with Gasteiger partial charge in [-0.3, -0.25) is 9.59 Å². The Balaban J connectivity index is 1.54. The summed E-state index contributed by atoms with van der Waals surface area (Å²) in [6.07, 6.45) is 0.894. The fourth-order valence-electron chi connectivity index (χ4n) is 2.77. The van der Waals surface area contributed by atoms with Crippen LogP contribution in [0.15, 0.2) is 53.7 Å². The molecule has 1 aromatic heterocycles. The highest BCUT2D eigenvalue weighted by Crippen LogP contribution is 2.18. The lowest BCUT2D eigenvalue weighted by atomic mass is 10.1. The minimum atomic E-state index is -0.365. The Hall–Kier alpha value is -3.20. The number of halogens is 1. The molecule has 0 bridgehead atoms. The number of hydrogen-bond acceptors (Lipinski definition) is 5. The summed E-state index contributed by atoms with van der Waals surface area (Å²) in [6.45, 7) is 2.03. The van der Waals surface area contributed by atoms with Crippen LogP contribution in [0.3, 0.4) is 0 Å². The Kier molecular flexibility index (Phi) is 7.18. The Morgan fingerprint density at radius 2 is 1.77 bits per heavy atom. The lowest BCUT2D eigenvalue weighted by molar-refractivity contribution is -0.116. The Bertz CT molecular complexity index is 1040. The summed E-state index contributed by atoms with van der Waals surface area (Å²) >= 11 is 1.21. The quantitative estimate of drug-likeness (QED) is 0.538. The molecule has 0 spiro atoms. The number of amides is 2. The molecular formula is C21H22FN5O2S. The number of anilines is 2. The number of carbonyl (C=O) groups is 2. The van der Waals surface area contributed by atoms with E-state index >= 15 is 0 Å². The number of nitrogens with one attached hydrogen (secondary N) is 2. The van der Waals surface area contributed by atoms with Gasteiger partial charge in [0.15, 0.2) is 5.16 Å². The Labute approximate surface area is 178 Å². The van der Waals surface area contributed by atoms with E-state index in [1.807, 2.05) is 31.2 Å². The molecule has 3 rings (SSSR count). The van der Waals surface area contributed by atoms with Crippen LogP contribution >= 0.6 is 11.8 Å². The predicted molar refractivity (Wildman–Crippen MR) is 115 cm³/mol. The van der Waals surface area contributed by atoms with Gasteiger partial charge >= 0.3 is 0 Å². The van der Waals surface area contributed by atoms with Crippen molar-refractivity contribution in [3.63, 3.8) is 0 Å². The van der Waals surface area contributed by atoms with E-state index in [2.05, 4.69) is 20.8 Å². The van der Waals surface area contributed by atoms with Gasteiger partial charge < -0.3 is 15.2 Å². The summed E-state index contributed by atoms with van der Waals surface area (Å²) in [7, 11) is 1.75. The summed E-state index contributed by atoms with van der Waals surface area (Å²) in [6, 6.07) is 13.2. The summed E-state index contributed by atoms with van der Waals surface area (Å²) in [4.78, 5) is 24.5. The first-order valence-electron chi connectivity index (χ1n) is 9.40. The molecule has 156 valence electrons. The first kappa shape index (κ1) is 21.5. The van der Waals surface area contributed by atoms with Gasteiger partial charge in [-0.05, 0) is 42.3 Å². The van der Waals surface area contributed by atoms with E-state index in [0.29, 0.717) is 16.7 Å². The average molecular weight is 428 g/mol. The molecule has 0 saturated heterocycles. The highest BCUT2D eigenvalue weighted by atomic mass is 32.2. The molecule has 0 aliphatic carbocycles. The van der Waals surface area contributed by atoms with Crippen LogP contribution in [-0.4, -0.2) is 32.3 Å². The molecule has 0 radical (unpaired) electrons. The number of carbonyl (C=O) groups excluding carboxylic acids is 2. The van der Waals surface area contributed by atoms with Crippen LogP contribution in [0.1, 0.15) is 18.3 Å². The lowest BCUT2D eigenvalue weighted by Crippen LogP contribution is -2.18. The van der Waals surface area contributed by atoms with E-state index in [-0.39, 0.29) is 29.8 Å². The average Bonchev–Trinajstić information content (AvgIpc) is 3.08. The van der Waals surface area contributed by atoms with E-state index in [0.717, 1.165) is 17.7 Å². The molecule has 30 heavy (non-hydrogen) atoms. The molecule has 0 unspecified atom stereocenters. The van der Waals surface area contributed by atoms with Gasteiger partial charge in [-0.15, -0.1) is 10.2 Å². The monoisotopic (exact) mass is 427 g/mol. The highest BCUT2D eigenvalue weighted by Gasteiger charge is 2.15. The molecule has 0 saturated carbocycles. The minimum absolute atomic E-state index is 0.0733. The Morgan fingerprint density at radius 1 is 1.03 bits per heavy atom. The molecule has 2 aromatic carbocycles. The molecule has 7 nitrogen and oxygen atoms in total. The molecular weight excluding hydrogens is 405 g/mol. The molecule has 2 amide bonds. The normalized spacial score (nSPS) is 10.6. The van der Waals surface area contributed by atoms with Crippen LogP contribution in [0.25, 0.3) is 0 Å². The zero-order chi connectivity index (χ0) is 21.5. The first-order valence-corrected chi connectivity index (χ1v) is 10.4. The fourth-order valence-corrected chi connectivity index (χ4v) is 3.50. The number of nitrogens with zero attached hydrogens (tertiary/aromatic N) is 3. The van der Waals surface area contributed by atoms with Gasteiger partial charge in [0.05, 0.1) is 12.2 Å². The van der Waals surface area contributed by atoms with Crippen LogP contribution in [0.4, 0.5) is 15.8 Å². The number of rotatable bonds is 8. The summed E-state index contributed by atoms with van der Waals surface area (Å²) < 4.78 is 14.6. The van der Waals surface area contributed by atoms with Gasteiger partial charge in [0.2, 0.25) is 11.8 Å². The van der Waals surface area contributed by atoms with Gasteiger partial charge in [-0.25, -0.2) is 4.39 Å². The van der Waals surface area contributed by atoms with Crippen molar-refractivity contribution in [2.75, 3.05) is 16.4 Å². The van der Waals surface area contributed by atoms with E-state index < -0.39 is 0 Å². The second-order valence-electron chi connectivity index (χ2n) is 6.54. The van der Waals surface area contributed by atoms with E-state index in [9.17, 15) is 14.0 Å². The van der Waals surface area contributed by atoms with Crippen LogP contribution in [0.5, 0.6) is 0 Å². The highest BCUT2D eigenvalue weighted by molar-refractivity contribution is 7.99. The smallest absolute Gasteiger partial charge is 0.234 e. The van der Waals surface area contributed by atoms with Gasteiger partial charge in [0.1, 0.15) is 11.6 Å². The van der Waals surface area contributed by atoms with Crippen molar-refractivity contribution in [3.05, 3.63) is 65.7 Å². The second-order valence-corrected chi connectivity index (χ2v) is 7.48. The molecule has 0 fully saturated rings. The van der Waals surface area contributed by atoms with Crippen molar-refractivity contribution >= 4 is 35.0 Å². The lowest BCUT2D eigenvalue weighted by Gasteiger charge is -2.09. The summed E-state index contributed by atoms with van der Waals surface area (Å²) in [5.74, 6) is -0.180. The Morgan fingerprint density at radius 3 is 2.50 bits per heavy atom. The van der Waals surface area contributed by atoms with Crippen molar-refractivity contribution < 1.29 is 14.0 Å². The van der Waals surface area contributed by atoms with Crippen molar-refractivity contribution in [1.82, 2.24) is 14.8 Å². The van der Waals surface area contributed by atoms with Gasteiger partial charge in [-0.2, -0.15) is 0 Å². The summed E-state index contributed by atoms with van der Waals surface area (Å²) in [5.41, 5.74) is 2.37. The maximum Gasteiger partial charge on any atom is 0.234 e. The number of thioether (sulfide) groups is 1. The summed E-state index contributed by atoms with van der Waals surface area (Å²) in [5, 5.41) is 14.3. The number of hydrogen-bond donors (Lipinski definition) is 2. The number of aryl methyl sites for hydroxylation is 1. The van der Waals surface area contributed by atoms with Crippen LogP contribution in [0.2, 0.25) is 0 Å². The van der Waals surface area contributed by atoms with Crippen LogP contribution < -0.4 is 10.6 Å². The van der Waals surface area contributed by atoms with E-state index in [1.165, 1.54) is 36.0 Å². The van der Waals surface area contributed by atoms with Crippen LogP contribution in [-0.2, 0) is 29.5 Å². The molecule has 0 aliphatic rings. The molecule has 9 heteroatoms. The molecule has 2 N–H and O–H groups in total. The maximum absolute atomic E-state index is 12.9. The van der Waals surface area contributed by atoms with Crippen molar-refractivity contribution in [1.29, 1.82) is 0 Å². The maximum atomic E-state index is 12.9. The van der Waals surface area contributed by atoms with Gasteiger partial charge in [-0.1, -0.05) is 36.9 Å². The first-order chi connectivity index (χ1) is 14.5. The van der Waals surface area contributed by atoms with E-state index in [1.54, 1.807) is 11.6 Å². The topological polar surface area (TPSA) is 88.9 Å². The zero-order valence-corrected chi connectivity index (χ0v) is 17.5. The number of benzene rings is 2. The third-order valence-electron chi connectivity index (χ3n) is 4.38. The van der Waals surface area contributed by atoms with Crippen molar-refractivity contribution in [2.45, 2.75) is 24.9 Å². The van der Waals surface area contributed by atoms with Crippen molar-refractivity contribution in [2.24, 2.45) is 7.05 Å². The van der Waals surface area contributed by atoms with E-state index in [4.69, 9.17) is 0 Å². The second kappa shape index (κ2) is 10.0. The van der Waals surface area contributed by atoms with Gasteiger partial charge in [0.25, 0.3) is 0 Å². The molecule has 3 aromatic rings. The molecule has 1 heterocycles. The zero-order valence-electron chi connectivity index (χ0n) is 16.7. The number of aromatic nitrogens is 3. The van der Waals surface area contributed by atoms with Gasteiger partial charge in [0, 0.05) is 18.4 Å².